The van der Waals surface area contributed by atoms with Crippen molar-refractivity contribution in [2.45, 2.75) is 64.5 Å². The van der Waals surface area contributed by atoms with Crippen LogP contribution in [0.15, 0.2) is 59.6 Å². The van der Waals surface area contributed by atoms with Gasteiger partial charge in [-0.2, -0.15) is 0 Å². The van der Waals surface area contributed by atoms with Gasteiger partial charge >= 0.3 is 0 Å². The first-order chi connectivity index (χ1) is 18.0. The topological polar surface area (TPSA) is 71.4 Å². The number of nitrogens with zero attached hydrogens (tertiary/aromatic N) is 2. The Labute approximate surface area is 222 Å². The fourth-order valence-electron chi connectivity index (χ4n) is 5.41. The van der Waals surface area contributed by atoms with Crippen molar-refractivity contribution < 1.29 is 14.4 Å². The summed E-state index contributed by atoms with van der Waals surface area (Å²) in [6.45, 7) is 2.74. The van der Waals surface area contributed by atoms with Crippen LogP contribution in [0, 0.1) is 0 Å². The van der Waals surface area contributed by atoms with Crippen LogP contribution >= 0.6 is 11.8 Å². The number of nitrogens with one attached hydrogen (secondary N) is 1. The van der Waals surface area contributed by atoms with Gasteiger partial charge in [0.25, 0.3) is 11.1 Å². The minimum absolute atomic E-state index is 0.0139. The van der Waals surface area contributed by atoms with Gasteiger partial charge in [0.1, 0.15) is 6.54 Å². The van der Waals surface area contributed by atoms with Crippen LogP contribution in [0.5, 0.6) is 0 Å². The molecule has 7 heteroatoms. The molecule has 1 aromatic heterocycles. The molecule has 3 amide bonds. The van der Waals surface area contributed by atoms with Gasteiger partial charge in [0.2, 0.25) is 5.91 Å². The molecule has 5 rings (SSSR count). The average molecular weight is 516 g/mol. The van der Waals surface area contributed by atoms with E-state index in [0.717, 1.165) is 65.9 Å². The van der Waals surface area contributed by atoms with Gasteiger partial charge in [-0.3, -0.25) is 19.3 Å². The minimum Gasteiger partial charge on any atom is -0.352 e. The van der Waals surface area contributed by atoms with E-state index < -0.39 is 0 Å². The summed E-state index contributed by atoms with van der Waals surface area (Å²) in [6.07, 6.45) is 10.6. The Kier molecular flexibility index (Phi) is 7.79. The number of aryl methyl sites for hydroxylation is 2. The molecule has 3 aromatic rings. The van der Waals surface area contributed by atoms with Gasteiger partial charge in [0.05, 0.1) is 10.4 Å². The molecule has 1 N–H and O–H groups in total. The van der Waals surface area contributed by atoms with Gasteiger partial charge in [0.15, 0.2) is 0 Å². The first-order valence-electron chi connectivity index (χ1n) is 13.2. The van der Waals surface area contributed by atoms with Crippen LogP contribution in [0.4, 0.5) is 4.79 Å². The number of benzene rings is 2. The molecule has 0 radical (unpaired) electrons. The number of para-hydroxylation sites is 1. The van der Waals surface area contributed by atoms with Crippen LogP contribution in [0.1, 0.15) is 55.7 Å². The fraction of sp³-hybridized carbons (Fsp3) is 0.367. The van der Waals surface area contributed by atoms with Crippen LogP contribution in [-0.2, 0) is 29.0 Å². The molecule has 2 fully saturated rings. The van der Waals surface area contributed by atoms with Gasteiger partial charge in [-0.25, -0.2) is 0 Å². The molecule has 192 valence electrons. The molecule has 0 atom stereocenters. The van der Waals surface area contributed by atoms with E-state index in [2.05, 4.69) is 30.4 Å². The zero-order valence-electron chi connectivity index (χ0n) is 21.2. The largest absolute Gasteiger partial charge is 0.352 e. The Balaban J connectivity index is 1.35. The lowest BCUT2D eigenvalue weighted by Crippen LogP contribution is -2.35. The van der Waals surface area contributed by atoms with E-state index in [4.69, 9.17) is 0 Å². The molecule has 1 aliphatic heterocycles. The molecule has 1 aliphatic carbocycles. The van der Waals surface area contributed by atoms with Gasteiger partial charge in [-0.1, -0.05) is 68.3 Å². The van der Waals surface area contributed by atoms with Crippen molar-refractivity contribution in [3.05, 3.63) is 76.3 Å². The lowest BCUT2D eigenvalue weighted by atomic mass is 10.1. The van der Waals surface area contributed by atoms with E-state index in [-0.39, 0.29) is 29.6 Å². The van der Waals surface area contributed by atoms with E-state index in [1.807, 2.05) is 47.2 Å². The number of thioether (sulfide) groups is 1. The van der Waals surface area contributed by atoms with Gasteiger partial charge in [0, 0.05) is 29.7 Å². The second-order valence-corrected chi connectivity index (χ2v) is 10.8. The first kappa shape index (κ1) is 25.3. The van der Waals surface area contributed by atoms with E-state index in [0.29, 0.717) is 11.4 Å². The summed E-state index contributed by atoms with van der Waals surface area (Å²) in [5.41, 5.74) is 4.22. The number of imide groups is 1. The zero-order chi connectivity index (χ0) is 25.8. The summed E-state index contributed by atoms with van der Waals surface area (Å²) in [7, 11) is 0. The Morgan fingerprint density at radius 3 is 2.62 bits per heavy atom. The van der Waals surface area contributed by atoms with Crippen molar-refractivity contribution in [3.63, 3.8) is 0 Å². The van der Waals surface area contributed by atoms with Crippen LogP contribution in [0.2, 0.25) is 0 Å². The zero-order valence-corrected chi connectivity index (χ0v) is 22.1. The molecule has 0 bridgehead atoms. The quantitative estimate of drug-likeness (QED) is 0.359. The van der Waals surface area contributed by atoms with Crippen molar-refractivity contribution in [2.24, 2.45) is 0 Å². The molecule has 6 nitrogen and oxygen atoms in total. The Hall–Kier alpha value is -3.32. The highest BCUT2D eigenvalue weighted by Crippen LogP contribution is 2.35. The number of rotatable bonds is 9. The molecule has 2 aliphatic rings. The van der Waals surface area contributed by atoms with Gasteiger partial charge < -0.3 is 9.88 Å². The SMILES string of the molecule is CCc1cccc2c(/C=C3\SC(=O)N(CCCc4ccccc4)C3=O)cn(CC(=O)NC3CCCC3)c12. The highest BCUT2D eigenvalue weighted by Gasteiger charge is 2.34. The smallest absolute Gasteiger partial charge is 0.293 e. The number of carbonyl (C=O) groups is 3. The monoisotopic (exact) mass is 515 g/mol. The average Bonchev–Trinajstić information content (AvgIpc) is 3.60. The summed E-state index contributed by atoms with van der Waals surface area (Å²) in [5, 5.41) is 3.94. The number of aromatic nitrogens is 1. The van der Waals surface area contributed by atoms with Gasteiger partial charge in [-0.15, -0.1) is 0 Å². The fourth-order valence-corrected chi connectivity index (χ4v) is 6.26. The second-order valence-electron chi connectivity index (χ2n) is 9.85. The first-order valence-corrected chi connectivity index (χ1v) is 14.0. The summed E-state index contributed by atoms with van der Waals surface area (Å²) in [5.74, 6) is -0.227. The normalized spacial score (nSPS) is 17.4. The van der Waals surface area contributed by atoms with E-state index in [9.17, 15) is 14.4 Å². The third kappa shape index (κ3) is 5.67. The summed E-state index contributed by atoms with van der Waals surface area (Å²) >= 11 is 0.996. The van der Waals surface area contributed by atoms with Crippen molar-refractivity contribution in [2.75, 3.05) is 6.54 Å². The summed E-state index contributed by atoms with van der Waals surface area (Å²) < 4.78 is 1.99. The van der Waals surface area contributed by atoms with Crippen molar-refractivity contribution in [3.8, 4) is 0 Å². The summed E-state index contributed by atoms with van der Waals surface area (Å²) in [4.78, 5) is 40.5. The second kappa shape index (κ2) is 11.4. The Morgan fingerprint density at radius 1 is 1.08 bits per heavy atom. The maximum atomic E-state index is 13.1. The van der Waals surface area contributed by atoms with Crippen molar-refractivity contribution >= 4 is 45.8 Å². The number of amides is 3. The molecule has 0 spiro atoms. The highest BCUT2D eigenvalue weighted by molar-refractivity contribution is 8.18. The molecular weight excluding hydrogens is 482 g/mol. The van der Waals surface area contributed by atoms with E-state index >= 15 is 0 Å². The predicted octanol–water partition coefficient (Wildman–Crippen LogP) is 5.93. The maximum Gasteiger partial charge on any atom is 0.293 e. The maximum absolute atomic E-state index is 13.1. The lowest BCUT2D eigenvalue weighted by Gasteiger charge is -2.13. The summed E-state index contributed by atoms with van der Waals surface area (Å²) in [6, 6.07) is 16.5. The third-order valence-electron chi connectivity index (χ3n) is 7.28. The number of carbonyl (C=O) groups excluding carboxylic acids is 3. The molecule has 0 unspecified atom stereocenters. The standard InChI is InChI=1S/C30H33N3O3S/c1-2-22-13-8-16-25-23(19-32(28(22)25)20-27(34)31-24-14-6-7-15-24)18-26-29(35)33(30(36)37-26)17-9-12-21-10-4-3-5-11-21/h3-5,8,10-11,13,16,18-19,24H,2,6-7,9,12,14-15,17,20H2,1H3,(H,31,34)/b26-18-. The van der Waals surface area contributed by atoms with Crippen LogP contribution < -0.4 is 5.32 Å². The molecule has 1 saturated heterocycles. The lowest BCUT2D eigenvalue weighted by molar-refractivity contribution is -0.123. The molecule has 2 aromatic carbocycles. The van der Waals surface area contributed by atoms with Crippen LogP contribution in [0.25, 0.3) is 17.0 Å². The third-order valence-corrected chi connectivity index (χ3v) is 8.19. The molecule has 37 heavy (non-hydrogen) atoms. The Bertz CT molecular complexity index is 1340. The number of hydrogen-bond acceptors (Lipinski definition) is 4. The van der Waals surface area contributed by atoms with Crippen LogP contribution in [-0.4, -0.2) is 39.1 Å². The predicted molar refractivity (Wildman–Crippen MR) is 149 cm³/mol. The van der Waals surface area contributed by atoms with Crippen molar-refractivity contribution in [1.29, 1.82) is 0 Å². The van der Waals surface area contributed by atoms with E-state index in [1.54, 1.807) is 0 Å². The van der Waals surface area contributed by atoms with Gasteiger partial charge in [-0.05, 0) is 61.1 Å². The molecule has 2 heterocycles. The molecule has 1 saturated carbocycles. The number of fused-ring (bicyclic) bond motifs is 1. The number of hydrogen-bond donors (Lipinski definition) is 1. The molecular formula is C30H33N3O3S. The Morgan fingerprint density at radius 2 is 1.86 bits per heavy atom. The highest BCUT2D eigenvalue weighted by atomic mass is 32.2. The van der Waals surface area contributed by atoms with E-state index in [1.165, 1.54) is 23.3 Å². The van der Waals surface area contributed by atoms with Crippen LogP contribution in [0.3, 0.4) is 0 Å². The minimum atomic E-state index is -0.241. The van der Waals surface area contributed by atoms with Crippen molar-refractivity contribution in [1.82, 2.24) is 14.8 Å².